The van der Waals surface area contributed by atoms with Crippen LogP contribution in [0.15, 0.2) is 16.8 Å². The van der Waals surface area contributed by atoms with E-state index in [0.29, 0.717) is 31.7 Å². The smallest absolute Gasteiger partial charge is 0.381 e. The Morgan fingerprint density at radius 3 is 2.61 bits per heavy atom. The molecule has 0 unspecified atom stereocenters. The van der Waals surface area contributed by atoms with Crippen molar-refractivity contribution in [3.05, 3.63) is 23.7 Å². The zero-order chi connectivity index (χ0) is 16.4. The predicted molar refractivity (Wildman–Crippen MR) is 74.7 cm³/mol. The molecular weight excluding hydrogens is 313 g/mol. The van der Waals surface area contributed by atoms with Crippen LogP contribution in [-0.4, -0.2) is 34.4 Å². The van der Waals surface area contributed by atoms with Crippen molar-refractivity contribution < 1.29 is 22.4 Å². The van der Waals surface area contributed by atoms with E-state index in [1.807, 2.05) is 0 Å². The highest BCUT2D eigenvalue weighted by Crippen LogP contribution is 2.36. The van der Waals surface area contributed by atoms with Crippen LogP contribution in [0, 0.1) is 6.92 Å². The minimum absolute atomic E-state index is 0.00297. The molecule has 0 aromatic carbocycles. The van der Waals surface area contributed by atoms with Crippen LogP contribution in [0.3, 0.4) is 0 Å². The molecule has 23 heavy (non-hydrogen) atoms. The molecule has 2 aromatic rings. The third-order valence-corrected chi connectivity index (χ3v) is 3.51. The van der Waals surface area contributed by atoms with Gasteiger partial charge in [-0.05, 0) is 19.8 Å². The van der Waals surface area contributed by atoms with Crippen molar-refractivity contribution >= 4 is 5.95 Å². The van der Waals surface area contributed by atoms with E-state index < -0.39 is 11.9 Å². The second-order valence-corrected chi connectivity index (χ2v) is 5.32. The molecule has 0 atom stereocenters. The van der Waals surface area contributed by atoms with E-state index in [4.69, 9.17) is 9.26 Å². The number of aromatic nitrogens is 3. The van der Waals surface area contributed by atoms with Crippen molar-refractivity contribution in [2.75, 3.05) is 18.5 Å². The third kappa shape index (κ3) is 3.61. The van der Waals surface area contributed by atoms with Crippen molar-refractivity contribution in [2.45, 2.75) is 32.0 Å². The minimum atomic E-state index is -4.62. The lowest BCUT2D eigenvalue weighted by molar-refractivity contribution is -0.140. The molecule has 3 rings (SSSR count). The molecule has 2 aromatic heterocycles. The molecule has 1 aliphatic rings. The number of anilines is 1. The van der Waals surface area contributed by atoms with Crippen molar-refractivity contribution in [2.24, 2.45) is 0 Å². The van der Waals surface area contributed by atoms with E-state index in [1.54, 1.807) is 6.92 Å². The quantitative estimate of drug-likeness (QED) is 0.933. The fourth-order valence-corrected chi connectivity index (χ4v) is 2.36. The summed E-state index contributed by atoms with van der Waals surface area (Å²) in [4.78, 5) is 7.63. The van der Waals surface area contributed by atoms with E-state index in [0.717, 1.165) is 6.20 Å². The Labute approximate surface area is 130 Å². The summed E-state index contributed by atoms with van der Waals surface area (Å²) in [5, 5.41) is 6.53. The Bertz CT molecular complexity index is 681. The molecule has 0 amide bonds. The average Bonchev–Trinajstić information content (AvgIpc) is 2.94. The molecule has 0 saturated carbocycles. The van der Waals surface area contributed by atoms with Crippen molar-refractivity contribution in [3.63, 3.8) is 0 Å². The normalized spacial score (nSPS) is 16.5. The van der Waals surface area contributed by atoms with Gasteiger partial charge in [-0.25, -0.2) is 9.97 Å². The number of hydrogen-bond donors (Lipinski definition) is 1. The summed E-state index contributed by atoms with van der Waals surface area (Å²) in [6.45, 7) is 2.76. The van der Waals surface area contributed by atoms with Crippen LogP contribution < -0.4 is 5.32 Å². The van der Waals surface area contributed by atoms with E-state index in [2.05, 4.69) is 20.4 Å². The molecule has 0 radical (unpaired) electrons. The highest BCUT2D eigenvalue weighted by molar-refractivity contribution is 5.61. The number of rotatable bonds is 3. The van der Waals surface area contributed by atoms with Gasteiger partial charge < -0.3 is 14.6 Å². The summed E-state index contributed by atoms with van der Waals surface area (Å²) in [6.07, 6.45) is -2.11. The van der Waals surface area contributed by atoms with E-state index in [9.17, 15) is 13.2 Å². The maximum atomic E-state index is 13.3. The van der Waals surface area contributed by atoms with Gasteiger partial charge in [-0.2, -0.15) is 13.2 Å². The fourth-order valence-electron chi connectivity index (χ4n) is 2.36. The second kappa shape index (κ2) is 6.15. The molecule has 0 bridgehead atoms. The SMILES string of the molecule is Cc1cc(-c2cnc(NC3CCOCC3)nc2C(F)(F)F)on1. The molecule has 1 fully saturated rings. The van der Waals surface area contributed by atoms with Crippen molar-refractivity contribution in [1.29, 1.82) is 0 Å². The second-order valence-electron chi connectivity index (χ2n) is 5.32. The first kappa shape index (κ1) is 15.7. The van der Waals surface area contributed by atoms with Gasteiger partial charge in [-0.3, -0.25) is 0 Å². The van der Waals surface area contributed by atoms with Gasteiger partial charge in [0.05, 0.1) is 11.3 Å². The summed E-state index contributed by atoms with van der Waals surface area (Å²) < 4.78 is 50.0. The summed E-state index contributed by atoms with van der Waals surface area (Å²) in [5.41, 5.74) is -0.786. The first-order chi connectivity index (χ1) is 10.9. The van der Waals surface area contributed by atoms with Gasteiger partial charge >= 0.3 is 6.18 Å². The van der Waals surface area contributed by atoms with Gasteiger partial charge in [0.15, 0.2) is 11.5 Å². The summed E-state index contributed by atoms with van der Waals surface area (Å²) in [7, 11) is 0. The monoisotopic (exact) mass is 328 g/mol. The lowest BCUT2D eigenvalue weighted by atomic mass is 10.1. The highest BCUT2D eigenvalue weighted by Gasteiger charge is 2.37. The van der Waals surface area contributed by atoms with Crippen LogP contribution in [0.4, 0.5) is 19.1 Å². The topological polar surface area (TPSA) is 73.1 Å². The molecule has 124 valence electrons. The van der Waals surface area contributed by atoms with E-state index in [1.165, 1.54) is 6.07 Å². The predicted octanol–water partition coefficient (Wildman–Crippen LogP) is 3.05. The van der Waals surface area contributed by atoms with Crippen molar-refractivity contribution in [1.82, 2.24) is 15.1 Å². The van der Waals surface area contributed by atoms with Gasteiger partial charge in [0.25, 0.3) is 0 Å². The summed E-state index contributed by atoms with van der Waals surface area (Å²) >= 11 is 0. The molecule has 9 heteroatoms. The van der Waals surface area contributed by atoms with Crippen LogP contribution in [-0.2, 0) is 10.9 Å². The van der Waals surface area contributed by atoms with Crippen LogP contribution in [0.2, 0.25) is 0 Å². The lowest BCUT2D eigenvalue weighted by Gasteiger charge is -2.23. The number of nitrogens with one attached hydrogen (secondary N) is 1. The highest BCUT2D eigenvalue weighted by atomic mass is 19.4. The lowest BCUT2D eigenvalue weighted by Crippen LogP contribution is -2.29. The maximum Gasteiger partial charge on any atom is 0.434 e. The molecular formula is C14H15F3N4O2. The minimum Gasteiger partial charge on any atom is -0.381 e. The Kier molecular flexibility index (Phi) is 4.20. The summed E-state index contributed by atoms with van der Waals surface area (Å²) in [5.74, 6) is -0.0587. The number of halogens is 3. The number of nitrogens with zero attached hydrogens (tertiary/aromatic N) is 3. The molecule has 1 N–H and O–H groups in total. The van der Waals surface area contributed by atoms with Crippen molar-refractivity contribution in [3.8, 4) is 11.3 Å². The van der Waals surface area contributed by atoms with Gasteiger partial charge in [0.1, 0.15) is 0 Å². The zero-order valence-electron chi connectivity index (χ0n) is 12.4. The Morgan fingerprint density at radius 1 is 1.26 bits per heavy atom. The maximum absolute atomic E-state index is 13.3. The zero-order valence-corrected chi connectivity index (χ0v) is 12.4. The molecule has 1 aliphatic heterocycles. The van der Waals surface area contributed by atoms with Crippen LogP contribution in [0.1, 0.15) is 24.2 Å². The molecule has 0 aliphatic carbocycles. The third-order valence-electron chi connectivity index (χ3n) is 3.51. The van der Waals surface area contributed by atoms with Crippen LogP contribution >= 0.6 is 0 Å². The molecule has 6 nitrogen and oxygen atoms in total. The van der Waals surface area contributed by atoms with Gasteiger partial charge in [-0.15, -0.1) is 0 Å². The van der Waals surface area contributed by atoms with Crippen LogP contribution in [0.25, 0.3) is 11.3 Å². The Balaban J connectivity index is 1.92. The first-order valence-electron chi connectivity index (χ1n) is 7.15. The first-order valence-corrected chi connectivity index (χ1v) is 7.15. The Morgan fingerprint density at radius 2 is 2.00 bits per heavy atom. The molecule has 1 saturated heterocycles. The molecule has 0 spiro atoms. The summed E-state index contributed by atoms with van der Waals surface area (Å²) in [6, 6.07) is 1.42. The number of aryl methyl sites for hydroxylation is 1. The van der Waals surface area contributed by atoms with E-state index >= 15 is 0 Å². The van der Waals surface area contributed by atoms with Gasteiger partial charge in [0.2, 0.25) is 5.95 Å². The van der Waals surface area contributed by atoms with Crippen LogP contribution in [0.5, 0.6) is 0 Å². The van der Waals surface area contributed by atoms with Gasteiger partial charge in [-0.1, -0.05) is 5.16 Å². The number of ether oxygens (including phenoxy) is 1. The number of alkyl halides is 3. The largest absolute Gasteiger partial charge is 0.434 e. The standard InChI is InChI=1S/C14H15F3N4O2/c1-8-6-11(23-21-8)10-7-18-13(20-12(10)14(15,16)17)19-9-2-4-22-5-3-9/h6-7,9H,2-5H2,1H3,(H,18,19,20). The number of hydrogen-bond acceptors (Lipinski definition) is 6. The van der Waals surface area contributed by atoms with Gasteiger partial charge in [0, 0.05) is 31.5 Å². The fraction of sp³-hybridized carbons (Fsp3) is 0.500. The molecule has 3 heterocycles. The average molecular weight is 328 g/mol. The van der Waals surface area contributed by atoms with E-state index in [-0.39, 0.29) is 23.3 Å². The Hall–Kier alpha value is -2.16.